The summed E-state index contributed by atoms with van der Waals surface area (Å²) in [6, 6.07) is 14.7. The van der Waals surface area contributed by atoms with Crippen molar-refractivity contribution in [3.8, 4) is 11.5 Å². The molecule has 9 heteroatoms. The highest BCUT2D eigenvalue weighted by atomic mass is 35.5. The van der Waals surface area contributed by atoms with Crippen LogP contribution in [0.4, 0.5) is 11.5 Å². The van der Waals surface area contributed by atoms with Crippen molar-refractivity contribution in [1.82, 2.24) is 9.97 Å². The first-order valence-corrected chi connectivity index (χ1v) is 11.0. The molecule has 4 rings (SSSR count). The normalized spacial score (nSPS) is 10.8. The number of para-hydroxylation sites is 1. The van der Waals surface area contributed by atoms with Gasteiger partial charge in [-0.3, -0.25) is 0 Å². The van der Waals surface area contributed by atoms with Gasteiger partial charge in [0.25, 0.3) is 0 Å². The van der Waals surface area contributed by atoms with Gasteiger partial charge in [-0.25, -0.2) is 14.8 Å². The van der Waals surface area contributed by atoms with Crippen LogP contribution < -0.4 is 10.1 Å². The molecule has 0 saturated heterocycles. The molecule has 0 aliphatic heterocycles. The van der Waals surface area contributed by atoms with Crippen molar-refractivity contribution in [1.29, 1.82) is 0 Å². The van der Waals surface area contributed by atoms with Crippen LogP contribution in [0.2, 0.25) is 5.02 Å². The van der Waals surface area contributed by atoms with Gasteiger partial charge in [-0.2, -0.15) is 0 Å². The number of benzene rings is 2. The summed E-state index contributed by atoms with van der Waals surface area (Å²) in [5.74, 6) is 1.40. The van der Waals surface area contributed by atoms with Crippen LogP contribution in [0.5, 0.6) is 11.5 Å². The van der Waals surface area contributed by atoms with Crippen LogP contribution >= 0.6 is 22.9 Å². The van der Waals surface area contributed by atoms with E-state index in [1.54, 1.807) is 25.3 Å². The lowest BCUT2D eigenvalue weighted by Gasteiger charge is -2.14. The fraction of sp³-hybridized carbons (Fsp3) is 0.174. The average molecular weight is 470 g/mol. The lowest BCUT2D eigenvalue weighted by atomic mass is 10.2. The molecule has 0 bridgehead atoms. The standard InChI is InChI=1S/C23H20ClN3O4S/c1-14-19-21(25-13-26-22(19)32-20(14)23(28)30-11-10-29-2)27-17-12-15(24)8-9-18(17)31-16-6-4-3-5-7-16/h3-9,12-13H,10-11H2,1-2H3,(H,25,26,27). The summed E-state index contributed by atoms with van der Waals surface area (Å²) in [7, 11) is 1.55. The zero-order valence-corrected chi connectivity index (χ0v) is 19.0. The van der Waals surface area contributed by atoms with E-state index in [9.17, 15) is 4.79 Å². The molecule has 0 fully saturated rings. The van der Waals surface area contributed by atoms with Crippen LogP contribution in [0.15, 0.2) is 54.9 Å². The number of ether oxygens (including phenoxy) is 3. The first kappa shape index (κ1) is 22.0. The van der Waals surface area contributed by atoms with Gasteiger partial charge in [0.1, 0.15) is 34.2 Å². The van der Waals surface area contributed by atoms with Gasteiger partial charge in [-0.05, 0) is 42.8 Å². The molecule has 2 heterocycles. The van der Waals surface area contributed by atoms with Crippen molar-refractivity contribution in [2.75, 3.05) is 25.6 Å². The van der Waals surface area contributed by atoms with Crippen LogP contribution in [-0.4, -0.2) is 36.3 Å². The maximum atomic E-state index is 12.5. The molecule has 2 aromatic heterocycles. The van der Waals surface area contributed by atoms with Crippen LogP contribution in [0.3, 0.4) is 0 Å². The number of hydrogen-bond donors (Lipinski definition) is 1. The van der Waals surface area contributed by atoms with E-state index in [4.69, 9.17) is 25.8 Å². The van der Waals surface area contributed by atoms with Crippen molar-refractivity contribution in [2.45, 2.75) is 6.92 Å². The molecule has 0 amide bonds. The molecule has 164 valence electrons. The molecule has 0 radical (unpaired) electrons. The Balaban J connectivity index is 1.68. The Kier molecular flexibility index (Phi) is 6.84. The van der Waals surface area contributed by atoms with Crippen LogP contribution in [0, 0.1) is 6.92 Å². The number of aromatic nitrogens is 2. The molecular formula is C23H20ClN3O4S. The number of aryl methyl sites for hydroxylation is 1. The predicted molar refractivity (Wildman–Crippen MR) is 126 cm³/mol. The zero-order chi connectivity index (χ0) is 22.5. The summed E-state index contributed by atoms with van der Waals surface area (Å²) in [6.07, 6.45) is 1.45. The minimum atomic E-state index is -0.413. The third-order valence-corrected chi connectivity index (χ3v) is 6.01. The number of nitrogens with one attached hydrogen (secondary N) is 1. The Labute approximate surface area is 193 Å². The Morgan fingerprint density at radius 2 is 1.94 bits per heavy atom. The molecule has 0 aliphatic carbocycles. The third kappa shape index (κ3) is 4.83. The van der Waals surface area contributed by atoms with Gasteiger partial charge in [0.15, 0.2) is 5.75 Å². The summed E-state index contributed by atoms with van der Waals surface area (Å²) in [6.45, 7) is 2.36. The summed E-state index contributed by atoms with van der Waals surface area (Å²) < 4.78 is 16.2. The van der Waals surface area contributed by atoms with Gasteiger partial charge in [0, 0.05) is 12.1 Å². The molecule has 2 aromatic carbocycles. The lowest BCUT2D eigenvalue weighted by Crippen LogP contribution is -2.09. The second-order valence-corrected chi connectivity index (χ2v) is 8.20. The highest BCUT2D eigenvalue weighted by molar-refractivity contribution is 7.20. The Morgan fingerprint density at radius 1 is 1.12 bits per heavy atom. The quantitative estimate of drug-likeness (QED) is 0.250. The Hall–Kier alpha value is -3.20. The number of carbonyl (C=O) groups is 1. The van der Waals surface area contributed by atoms with E-state index in [1.165, 1.54) is 17.7 Å². The van der Waals surface area contributed by atoms with Crippen LogP contribution in [0.25, 0.3) is 10.2 Å². The summed E-state index contributed by atoms with van der Waals surface area (Å²) in [5, 5.41) is 4.58. The molecule has 32 heavy (non-hydrogen) atoms. The van der Waals surface area contributed by atoms with Crippen molar-refractivity contribution >= 4 is 50.6 Å². The number of methoxy groups -OCH3 is 1. The summed E-state index contributed by atoms with van der Waals surface area (Å²) in [5.41, 5.74) is 1.37. The van der Waals surface area contributed by atoms with Gasteiger partial charge in [-0.1, -0.05) is 29.8 Å². The molecule has 0 saturated carbocycles. The highest BCUT2D eigenvalue weighted by Gasteiger charge is 2.21. The fourth-order valence-electron chi connectivity index (χ4n) is 3.08. The van der Waals surface area contributed by atoms with E-state index in [2.05, 4.69) is 15.3 Å². The van der Waals surface area contributed by atoms with Gasteiger partial charge < -0.3 is 19.5 Å². The zero-order valence-electron chi connectivity index (χ0n) is 17.4. The molecule has 4 aromatic rings. The number of fused-ring (bicyclic) bond motifs is 1. The SMILES string of the molecule is COCCOC(=O)c1sc2ncnc(Nc3cc(Cl)ccc3Oc3ccccc3)c2c1C. The largest absolute Gasteiger partial charge is 0.459 e. The van der Waals surface area contributed by atoms with E-state index in [1.807, 2.05) is 37.3 Å². The number of anilines is 2. The number of nitrogens with zero attached hydrogens (tertiary/aromatic N) is 2. The molecule has 0 unspecified atom stereocenters. The fourth-order valence-corrected chi connectivity index (χ4v) is 4.29. The van der Waals surface area contributed by atoms with Gasteiger partial charge in [0.2, 0.25) is 0 Å². The van der Waals surface area contributed by atoms with E-state index >= 15 is 0 Å². The van der Waals surface area contributed by atoms with E-state index < -0.39 is 5.97 Å². The molecular weight excluding hydrogens is 450 g/mol. The first-order valence-electron chi connectivity index (χ1n) is 9.76. The molecule has 7 nitrogen and oxygen atoms in total. The van der Waals surface area contributed by atoms with Crippen LogP contribution in [0.1, 0.15) is 15.2 Å². The smallest absolute Gasteiger partial charge is 0.348 e. The topological polar surface area (TPSA) is 82.6 Å². The second-order valence-electron chi connectivity index (χ2n) is 6.77. The number of thiophene rings is 1. The first-order chi connectivity index (χ1) is 15.6. The van der Waals surface area contributed by atoms with E-state index in [0.29, 0.717) is 44.3 Å². The van der Waals surface area contributed by atoms with Gasteiger partial charge >= 0.3 is 5.97 Å². The predicted octanol–water partition coefficient (Wildman–Crippen LogP) is 5.99. The monoisotopic (exact) mass is 469 g/mol. The summed E-state index contributed by atoms with van der Waals surface area (Å²) in [4.78, 5) is 22.4. The third-order valence-electron chi connectivity index (χ3n) is 4.60. The Bertz CT molecular complexity index is 1250. The maximum absolute atomic E-state index is 12.5. The maximum Gasteiger partial charge on any atom is 0.348 e. The van der Waals surface area contributed by atoms with Crippen LogP contribution in [-0.2, 0) is 9.47 Å². The minimum Gasteiger partial charge on any atom is -0.459 e. The molecule has 0 atom stereocenters. The number of rotatable bonds is 8. The Morgan fingerprint density at radius 3 is 2.72 bits per heavy atom. The second kappa shape index (κ2) is 9.95. The molecule has 0 aliphatic rings. The number of esters is 1. The van der Waals surface area contributed by atoms with Crippen molar-refractivity contribution in [2.24, 2.45) is 0 Å². The van der Waals surface area contributed by atoms with Crippen molar-refractivity contribution in [3.05, 3.63) is 70.3 Å². The molecule has 0 spiro atoms. The van der Waals surface area contributed by atoms with Crippen molar-refractivity contribution in [3.63, 3.8) is 0 Å². The van der Waals surface area contributed by atoms with Crippen molar-refractivity contribution < 1.29 is 19.0 Å². The number of halogens is 1. The van der Waals surface area contributed by atoms with Gasteiger partial charge in [-0.15, -0.1) is 11.3 Å². The highest BCUT2D eigenvalue weighted by Crippen LogP contribution is 2.38. The summed E-state index contributed by atoms with van der Waals surface area (Å²) >= 11 is 7.50. The lowest BCUT2D eigenvalue weighted by molar-refractivity contribution is 0.0393. The number of carbonyl (C=O) groups excluding carboxylic acids is 1. The van der Waals surface area contributed by atoms with Gasteiger partial charge in [0.05, 0.1) is 17.7 Å². The number of hydrogen-bond acceptors (Lipinski definition) is 8. The average Bonchev–Trinajstić information content (AvgIpc) is 3.14. The molecule has 1 N–H and O–H groups in total. The van der Waals surface area contributed by atoms with E-state index in [-0.39, 0.29) is 6.61 Å². The van der Waals surface area contributed by atoms with E-state index in [0.717, 1.165) is 10.9 Å². The minimum absolute atomic E-state index is 0.183.